The Hall–Kier alpha value is -2.38. The zero-order valence-corrected chi connectivity index (χ0v) is 15.1. The van der Waals surface area contributed by atoms with Crippen molar-refractivity contribution in [2.45, 2.75) is 40.8 Å². The number of pyridine rings is 1. The van der Waals surface area contributed by atoms with Crippen LogP contribution in [0.15, 0.2) is 30.3 Å². The Balaban J connectivity index is 2.04. The van der Waals surface area contributed by atoms with Gasteiger partial charge < -0.3 is 5.32 Å². The lowest BCUT2D eigenvalue weighted by Gasteiger charge is -2.18. The van der Waals surface area contributed by atoms with Crippen molar-refractivity contribution in [3.05, 3.63) is 58.4 Å². The number of rotatable bonds is 7. The van der Waals surface area contributed by atoms with Crippen LogP contribution in [0.2, 0.25) is 0 Å². The molecule has 24 heavy (non-hydrogen) atoms. The smallest absolute Gasteiger partial charge is 0.103 e. The molecule has 0 unspecified atom stereocenters. The topological polar surface area (TPSA) is 52.0 Å². The summed E-state index contributed by atoms with van der Waals surface area (Å²) >= 11 is 0. The summed E-state index contributed by atoms with van der Waals surface area (Å²) in [6.07, 6.45) is 0. The van der Waals surface area contributed by atoms with Crippen molar-refractivity contribution < 1.29 is 0 Å². The molecule has 2 rings (SSSR count). The van der Waals surface area contributed by atoms with E-state index in [0.717, 1.165) is 36.7 Å². The third-order valence-corrected chi connectivity index (χ3v) is 4.25. The van der Waals surface area contributed by atoms with Gasteiger partial charge in [0.25, 0.3) is 0 Å². The Kier molecular flexibility index (Phi) is 6.34. The molecule has 0 aliphatic rings. The summed E-state index contributed by atoms with van der Waals surface area (Å²) in [5.74, 6) is 0. The number of nitrogens with one attached hydrogen (secondary N) is 1. The van der Waals surface area contributed by atoms with Crippen molar-refractivity contribution in [2.24, 2.45) is 0 Å². The lowest BCUT2D eigenvalue weighted by molar-refractivity contribution is 0.296. The van der Waals surface area contributed by atoms with Crippen LogP contribution in [0.1, 0.15) is 41.9 Å². The average molecular weight is 322 g/mol. The molecule has 0 saturated heterocycles. The third-order valence-electron chi connectivity index (χ3n) is 4.25. The Morgan fingerprint density at radius 1 is 1.08 bits per heavy atom. The van der Waals surface area contributed by atoms with Crippen molar-refractivity contribution in [3.63, 3.8) is 0 Å². The molecule has 0 atom stereocenters. The van der Waals surface area contributed by atoms with E-state index in [2.05, 4.69) is 59.4 Å². The first-order valence-electron chi connectivity index (χ1n) is 8.49. The van der Waals surface area contributed by atoms with Gasteiger partial charge in [-0.15, -0.1) is 0 Å². The summed E-state index contributed by atoms with van der Waals surface area (Å²) in [7, 11) is 0. The molecule has 126 valence electrons. The van der Waals surface area contributed by atoms with Gasteiger partial charge in [0.15, 0.2) is 0 Å². The summed E-state index contributed by atoms with van der Waals surface area (Å²) < 4.78 is 0. The molecule has 4 nitrogen and oxygen atoms in total. The summed E-state index contributed by atoms with van der Waals surface area (Å²) in [6, 6.07) is 12.8. The number of anilines is 1. The molecule has 0 bridgehead atoms. The van der Waals surface area contributed by atoms with Crippen LogP contribution >= 0.6 is 0 Å². The van der Waals surface area contributed by atoms with Crippen molar-refractivity contribution in [1.29, 1.82) is 5.26 Å². The number of hydrogen-bond donors (Lipinski definition) is 1. The molecular weight excluding hydrogens is 296 g/mol. The molecule has 0 radical (unpaired) electrons. The summed E-state index contributed by atoms with van der Waals surface area (Å²) in [6.45, 7) is 12.0. The van der Waals surface area contributed by atoms with Crippen LogP contribution in [0.4, 0.5) is 5.69 Å². The predicted molar refractivity (Wildman–Crippen MR) is 98.8 cm³/mol. The highest BCUT2D eigenvalue weighted by atomic mass is 15.1. The van der Waals surface area contributed by atoms with Crippen molar-refractivity contribution in [2.75, 3.05) is 18.4 Å². The maximum atomic E-state index is 9.32. The van der Waals surface area contributed by atoms with E-state index >= 15 is 0 Å². The lowest BCUT2D eigenvalue weighted by Crippen LogP contribution is -2.22. The van der Waals surface area contributed by atoms with Gasteiger partial charge >= 0.3 is 0 Å². The molecule has 0 aliphatic carbocycles. The predicted octanol–water partition coefficient (Wildman–Crippen LogP) is 4.02. The van der Waals surface area contributed by atoms with Gasteiger partial charge in [-0.25, -0.2) is 0 Å². The van der Waals surface area contributed by atoms with Crippen molar-refractivity contribution in [1.82, 2.24) is 9.88 Å². The van der Waals surface area contributed by atoms with Crippen LogP contribution in [0.5, 0.6) is 0 Å². The van der Waals surface area contributed by atoms with E-state index < -0.39 is 0 Å². The number of aromatic nitrogens is 1. The number of benzene rings is 1. The van der Waals surface area contributed by atoms with Crippen LogP contribution in [0.25, 0.3) is 0 Å². The van der Waals surface area contributed by atoms with Gasteiger partial charge in [0, 0.05) is 18.8 Å². The third kappa shape index (κ3) is 4.56. The first kappa shape index (κ1) is 18.0. The molecule has 0 aliphatic heterocycles. The molecule has 1 heterocycles. The minimum Gasteiger partial charge on any atom is -0.380 e. The van der Waals surface area contributed by atoms with Gasteiger partial charge in [-0.2, -0.15) is 5.26 Å². The Morgan fingerprint density at radius 2 is 1.71 bits per heavy atom. The van der Waals surface area contributed by atoms with E-state index in [-0.39, 0.29) is 0 Å². The van der Waals surface area contributed by atoms with E-state index in [1.807, 2.05) is 19.9 Å². The largest absolute Gasteiger partial charge is 0.380 e. The fraction of sp³-hybridized carbons (Fsp3) is 0.400. The minimum absolute atomic E-state index is 0.624. The monoisotopic (exact) mass is 322 g/mol. The second-order valence-corrected chi connectivity index (χ2v) is 6.01. The first-order valence-corrected chi connectivity index (χ1v) is 8.49. The van der Waals surface area contributed by atoms with Gasteiger partial charge in [-0.3, -0.25) is 9.88 Å². The Morgan fingerprint density at radius 3 is 2.29 bits per heavy atom. The highest BCUT2D eigenvalue weighted by Crippen LogP contribution is 2.19. The molecule has 0 saturated carbocycles. The van der Waals surface area contributed by atoms with Crippen LogP contribution in [0.3, 0.4) is 0 Å². The molecule has 1 aromatic carbocycles. The van der Waals surface area contributed by atoms with Crippen LogP contribution in [-0.2, 0) is 13.1 Å². The zero-order chi connectivity index (χ0) is 17.5. The van der Waals surface area contributed by atoms with Gasteiger partial charge in [-0.1, -0.05) is 38.1 Å². The molecule has 2 aromatic rings. The second-order valence-electron chi connectivity index (χ2n) is 6.01. The molecule has 1 N–H and O–H groups in total. The van der Waals surface area contributed by atoms with Crippen LogP contribution < -0.4 is 5.32 Å². The van der Waals surface area contributed by atoms with E-state index in [1.54, 1.807) is 0 Å². The summed E-state index contributed by atoms with van der Waals surface area (Å²) in [5, 5.41) is 12.7. The minimum atomic E-state index is 0.624. The Labute approximate surface area is 145 Å². The summed E-state index contributed by atoms with van der Waals surface area (Å²) in [4.78, 5) is 6.75. The fourth-order valence-electron chi connectivity index (χ4n) is 2.77. The van der Waals surface area contributed by atoms with Gasteiger partial charge in [0.05, 0.1) is 16.9 Å². The van der Waals surface area contributed by atoms with E-state index in [1.165, 1.54) is 11.1 Å². The van der Waals surface area contributed by atoms with E-state index in [0.29, 0.717) is 12.1 Å². The summed E-state index contributed by atoms with van der Waals surface area (Å²) in [5.41, 5.74) is 5.71. The number of nitrogens with zero attached hydrogens (tertiary/aromatic N) is 3. The molecule has 0 amide bonds. The quantitative estimate of drug-likeness (QED) is 0.836. The zero-order valence-electron chi connectivity index (χ0n) is 15.1. The lowest BCUT2D eigenvalue weighted by atomic mass is 10.1. The number of aryl methyl sites for hydroxylation is 2. The maximum Gasteiger partial charge on any atom is 0.103 e. The van der Waals surface area contributed by atoms with E-state index in [4.69, 9.17) is 0 Å². The highest BCUT2D eigenvalue weighted by Gasteiger charge is 2.08. The fourth-order valence-corrected chi connectivity index (χ4v) is 2.77. The standard InChI is InChI=1S/C20H26N4/c1-5-24(6-2)14-18-9-7-17(8-10-18)13-22-20-11-15(3)23-16(4)19(20)12-21/h7-11H,5-6,13-14H2,1-4H3,(H,22,23). The number of nitriles is 1. The molecule has 0 fully saturated rings. The van der Waals surface area contributed by atoms with Crippen molar-refractivity contribution in [3.8, 4) is 6.07 Å². The van der Waals surface area contributed by atoms with Crippen molar-refractivity contribution >= 4 is 5.69 Å². The van der Waals surface area contributed by atoms with E-state index in [9.17, 15) is 5.26 Å². The van der Waals surface area contributed by atoms with Gasteiger partial charge in [0.2, 0.25) is 0 Å². The molecule has 1 aromatic heterocycles. The average Bonchev–Trinajstić information content (AvgIpc) is 2.58. The SMILES string of the molecule is CCN(CC)Cc1ccc(CNc2cc(C)nc(C)c2C#N)cc1. The van der Waals surface area contributed by atoms with Crippen LogP contribution in [-0.4, -0.2) is 23.0 Å². The molecule has 4 heteroatoms. The number of hydrogen-bond acceptors (Lipinski definition) is 4. The molecular formula is C20H26N4. The van der Waals surface area contributed by atoms with Crippen LogP contribution in [0, 0.1) is 25.2 Å². The maximum absolute atomic E-state index is 9.32. The van der Waals surface area contributed by atoms with Gasteiger partial charge in [-0.05, 0) is 44.1 Å². The Bertz CT molecular complexity index is 710. The normalized spacial score (nSPS) is 10.7. The van der Waals surface area contributed by atoms with Gasteiger partial charge in [0.1, 0.15) is 6.07 Å². The first-order chi connectivity index (χ1) is 11.6. The second kappa shape index (κ2) is 8.47. The molecule has 0 spiro atoms. The highest BCUT2D eigenvalue weighted by molar-refractivity contribution is 5.60.